The zero-order valence-electron chi connectivity index (χ0n) is 14.7. The lowest BCUT2D eigenvalue weighted by atomic mass is 10.0. The average Bonchev–Trinajstić information content (AvgIpc) is 2.59. The number of methoxy groups -OCH3 is 1. The molecule has 0 bridgehead atoms. The summed E-state index contributed by atoms with van der Waals surface area (Å²) in [4.78, 5) is 11.1. The van der Waals surface area contributed by atoms with Crippen molar-refractivity contribution in [1.29, 1.82) is 0 Å². The molecule has 6 heteroatoms. The number of aromatic nitrogens is 1. The van der Waals surface area contributed by atoms with Gasteiger partial charge in [0.2, 0.25) is 5.88 Å². The topological polar surface area (TPSA) is 61.8 Å². The molecule has 0 unspecified atom stereocenters. The van der Waals surface area contributed by atoms with Crippen molar-refractivity contribution < 1.29 is 4.74 Å². The minimum atomic E-state index is 0.491. The first kappa shape index (κ1) is 17.5. The van der Waals surface area contributed by atoms with Gasteiger partial charge in [-0.25, -0.2) is 4.98 Å². The van der Waals surface area contributed by atoms with Gasteiger partial charge in [0.05, 0.1) is 7.11 Å². The van der Waals surface area contributed by atoms with E-state index >= 15 is 0 Å². The third-order valence-electron chi connectivity index (χ3n) is 4.29. The average molecular weight is 319 g/mol. The Kier molecular flexibility index (Phi) is 6.65. The highest BCUT2D eigenvalue weighted by Gasteiger charge is 2.21. The van der Waals surface area contributed by atoms with Crippen LogP contribution in [0.5, 0.6) is 5.88 Å². The van der Waals surface area contributed by atoms with Gasteiger partial charge in [-0.1, -0.05) is 6.07 Å². The van der Waals surface area contributed by atoms with Crippen molar-refractivity contribution in [3.05, 3.63) is 23.9 Å². The molecular weight excluding hydrogens is 290 g/mol. The van der Waals surface area contributed by atoms with Crippen LogP contribution in [0.15, 0.2) is 23.3 Å². The monoisotopic (exact) mass is 319 g/mol. The van der Waals surface area contributed by atoms with Crippen LogP contribution in [0.1, 0.15) is 32.3 Å². The standard InChI is InChI=1S/C17H29N5O/c1-13(2)22-9-7-15(8-10-22)21-17(18-3)20-12-14-5-6-16(23-4)19-11-14/h5-6,11,13,15H,7-10,12H2,1-4H3,(H2,18,20,21). The lowest BCUT2D eigenvalue weighted by molar-refractivity contribution is 0.167. The van der Waals surface area contributed by atoms with Crippen LogP contribution in [0.2, 0.25) is 0 Å². The molecule has 0 saturated carbocycles. The zero-order chi connectivity index (χ0) is 16.7. The summed E-state index contributed by atoms with van der Waals surface area (Å²) in [5.41, 5.74) is 1.10. The number of nitrogens with zero attached hydrogens (tertiary/aromatic N) is 3. The summed E-state index contributed by atoms with van der Waals surface area (Å²) in [5, 5.41) is 6.87. The summed E-state index contributed by atoms with van der Waals surface area (Å²) in [5.74, 6) is 1.48. The van der Waals surface area contributed by atoms with E-state index in [4.69, 9.17) is 4.74 Å². The number of nitrogens with one attached hydrogen (secondary N) is 2. The molecule has 1 aliphatic heterocycles. The van der Waals surface area contributed by atoms with Gasteiger partial charge in [0.1, 0.15) is 0 Å². The fraction of sp³-hybridized carbons (Fsp3) is 0.647. The number of piperidine rings is 1. The van der Waals surface area contributed by atoms with Gasteiger partial charge >= 0.3 is 0 Å². The van der Waals surface area contributed by atoms with Crippen LogP contribution in [0.3, 0.4) is 0 Å². The highest BCUT2D eigenvalue weighted by Crippen LogP contribution is 2.13. The molecule has 128 valence electrons. The Morgan fingerprint density at radius 3 is 2.65 bits per heavy atom. The van der Waals surface area contributed by atoms with Crippen LogP contribution < -0.4 is 15.4 Å². The Balaban J connectivity index is 1.77. The van der Waals surface area contributed by atoms with Gasteiger partial charge in [-0.15, -0.1) is 0 Å². The van der Waals surface area contributed by atoms with Crippen LogP contribution in [-0.4, -0.2) is 55.2 Å². The number of guanidine groups is 1. The third-order valence-corrected chi connectivity index (χ3v) is 4.29. The third kappa shape index (κ3) is 5.39. The van der Waals surface area contributed by atoms with Crippen LogP contribution in [-0.2, 0) is 6.54 Å². The van der Waals surface area contributed by atoms with Gasteiger partial charge in [0, 0.05) is 51.0 Å². The van der Waals surface area contributed by atoms with Gasteiger partial charge in [-0.05, 0) is 32.3 Å². The molecule has 1 saturated heterocycles. The van der Waals surface area contributed by atoms with Gasteiger partial charge in [0.15, 0.2) is 5.96 Å². The van der Waals surface area contributed by atoms with Gasteiger partial charge in [-0.3, -0.25) is 4.99 Å². The quantitative estimate of drug-likeness (QED) is 0.638. The molecular formula is C17H29N5O. The summed E-state index contributed by atoms with van der Waals surface area (Å²) >= 11 is 0. The molecule has 23 heavy (non-hydrogen) atoms. The predicted octanol–water partition coefficient (Wildman–Crippen LogP) is 1.63. The fourth-order valence-electron chi connectivity index (χ4n) is 2.77. The molecule has 1 aromatic heterocycles. The highest BCUT2D eigenvalue weighted by molar-refractivity contribution is 5.79. The largest absolute Gasteiger partial charge is 0.481 e. The molecule has 0 spiro atoms. The Labute approximate surface area is 139 Å². The summed E-state index contributed by atoms with van der Waals surface area (Å²) < 4.78 is 5.07. The molecule has 0 aliphatic carbocycles. The van der Waals surface area contributed by atoms with E-state index in [0.29, 0.717) is 24.5 Å². The molecule has 0 radical (unpaired) electrons. The van der Waals surface area contributed by atoms with E-state index in [-0.39, 0.29) is 0 Å². The maximum Gasteiger partial charge on any atom is 0.212 e. The van der Waals surface area contributed by atoms with E-state index in [1.807, 2.05) is 25.4 Å². The maximum atomic E-state index is 5.07. The molecule has 1 fully saturated rings. The van der Waals surface area contributed by atoms with Crippen LogP contribution in [0.25, 0.3) is 0 Å². The van der Waals surface area contributed by atoms with E-state index in [0.717, 1.165) is 37.5 Å². The second-order valence-electron chi connectivity index (χ2n) is 6.18. The molecule has 1 aromatic rings. The lowest BCUT2D eigenvalue weighted by Crippen LogP contribution is -2.49. The van der Waals surface area contributed by atoms with Crippen molar-refractivity contribution in [3.63, 3.8) is 0 Å². The van der Waals surface area contributed by atoms with E-state index in [1.54, 1.807) is 7.11 Å². The number of hydrogen-bond acceptors (Lipinski definition) is 4. The van der Waals surface area contributed by atoms with Gasteiger partial charge in [0.25, 0.3) is 0 Å². The number of ether oxygens (including phenoxy) is 1. The van der Waals surface area contributed by atoms with Crippen LogP contribution >= 0.6 is 0 Å². The number of aliphatic imine (C=N–C) groups is 1. The molecule has 2 rings (SSSR count). The minimum absolute atomic E-state index is 0.491. The number of pyridine rings is 1. The second-order valence-corrected chi connectivity index (χ2v) is 6.18. The Morgan fingerprint density at radius 1 is 1.39 bits per heavy atom. The molecule has 0 aromatic carbocycles. The molecule has 2 N–H and O–H groups in total. The Bertz CT molecular complexity index is 492. The van der Waals surface area contributed by atoms with E-state index in [1.165, 1.54) is 0 Å². The van der Waals surface area contributed by atoms with Gasteiger partial charge in [-0.2, -0.15) is 0 Å². The summed E-state index contributed by atoms with van der Waals surface area (Å²) in [6.45, 7) is 7.51. The van der Waals surface area contributed by atoms with Crippen LogP contribution in [0.4, 0.5) is 0 Å². The predicted molar refractivity (Wildman–Crippen MR) is 93.9 cm³/mol. The smallest absolute Gasteiger partial charge is 0.212 e. The normalized spacial score (nSPS) is 17.3. The SMILES string of the molecule is CN=C(NCc1ccc(OC)nc1)NC1CCN(C(C)C)CC1. The van der Waals surface area contributed by atoms with Crippen molar-refractivity contribution >= 4 is 5.96 Å². The lowest BCUT2D eigenvalue weighted by Gasteiger charge is -2.35. The van der Waals surface area contributed by atoms with E-state index in [2.05, 4.69) is 39.4 Å². The van der Waals surface area contributed by atoms with Crippen molar-refractivity contribution in [2.75, 3.05) is 27.2 Å². The second kappa shape index (κ2) is 8.72. The molecule has 1 aliphatic rings. The fourth-order valence-corrected chi connectivity index (χ4v) is 2.77. The minimum Gasteiger partial charge on any atom is -0.481 e. The first-order valence-corrected chi connectivity index (χ1v) is 8.32. The van der Waals surface area contributed by atoms with E-state index < -0.39 is 0 Å². The molecule has 0 atom stereocenters. The Hall–Kier alpha value is -1.82. The zero-order valence-corrected chi connectivity index (χ0v) is 14.7. The Morgan fingerprint density at radius 2 is 2.13 bits per heavy atom. The molecule has 0 amide bonds. The molecule has 6 nitrogen and oxygen atoms in total. The first-order valence-electron chi connectivity index (χ1n) is 8.32. The highest BCUT2D eigenvalue weighted by atomic mass is 16.5. The number of likely N-dealkylation sites (tertiary alicyclic amines) is 1. The van der Waals surface area contributed by atoms with Crippen molar-refractivity contribution in [2.24, 2.45) is 4.99 Å². The number of hydrogen-bond donors (Lipinski definition) is 2. The van der Waals surface area contributed by atoms with Crippen molar-refractivity contribution in [2.45, 2.75) is 45.3 Å². The summed E-state index contributed by atoms with van der Waals surface area (Å²) in [7, 11) is 3.43. The van der Waals surface area contributed by atoms with Gasteiger partial charge < -0.3 is 20.3 Å². The first-order chi connectivity index (χ1) is 11.1. The maximum absolute atomic E-state index is 5.07. The molecule has 2 heterocycles. The van der Waals surface area contributed by atoms with Crippen LogP contribution in [0, 0.1) is 0 Å². The van der Waals surface area contributed by atoms with Crippen molar-refractivity contribution in [3.8, 4) is 5.88 Å². The van der Waals surface area contributed by atoms with E-state index in [9.17, 15) is 0 Å². The summed E-state index contributed by atoms with van der Waals surface area (Å²) in [6.07, 6.45) is 4.13. The number of rotatable bonds is 5. The summed E-state index contributed by atoms with van der Waals surface area (Å²) in [6, 6.07) is 5.00. The van der Waals surface area contributed by atoms with Crippen molar-refractivity contribution in [1.82, 2.24) is 20.5 Å².